The molecule has 1 aliphatic carbocycles. The van der Waals surface area contributed by atoms with Crippen molar-refractivity contribution in [3.05, 3.63) is 64.2 Å². The third-order valence-electron chi connectivity index (χ3n) is 2.24. The van der Waals surface area contributed by atoms with Crippen molar-refractivity contribution in [3.8, 4) is 0 Å². The molecule has 1 aliphatic rings. The Morgan fingerprint density at radius 2 is 1.79 bits per heavy atom. The minimum atomic E-state index is -0.338. The molecule has 0 bridgehead atoms. The third kappa shape index (κ3) is 1.44. The van der Waals surface area contributed by atoms with E-state index in [1.807, 2.05) is 30.4 Å². The molecule has 0 heterocycles. The van der Waals surface area contributed by atoms with Crippen LogP contribution in [0, 0.1) is 10.1 Å². The fourth-order valence-corrected chi connectivity index (χ4v) is 1.57. The fourth-order valence-electron chi connectivity index (χ4n) is 1.57. The lowest BCUT2D eigenvalue weighted by Crippen LogP contribution is -1.97. The molecule has 0 saturated heterocycles. The molecule has 0 saturated carbocycles. The normalized spacial score (nSPS) is 14.9. The van der Waals surface area contributed by atoms with E-state index in [-0.39, 0.29) is 16.5 Å². The first-order chi connectivity index (χ1) is 6.79. The summed E-state index contributed by atoms with van der Waals surface area (Å²) in [5.41, 5.74) is 0.941. The van der Waals surface area contributed by atoms with E-state index in [1.54, 1.807) is 12.1 Å². The van der Waals surface area contributed by atoms with Crippen molar-refractivity contribution < 1.29 is 4.92 Å². The van der Waals surface area contributed by atoms with E-state index in [1.165, 1.54) is 6.07 Å². The number of allylic oxidation sites excluding steroid dienone is 4. The van der Waals surface area contributed by atoms with Crippen molar-refractivity contribution in [1.29, 1.82) is 0 Å². The summed E-state index contributed by atoms with van der Waals surface area (Å²) in [6, 6.07) is 6.84. The zero-order valence-corrected chi connectivity index (χ0v) is 7.46. The van der Waals surface area contributed by atoms with Crippen LogP contribution in [0.5, 0.6) is 0 Å². The Kier molecular flexibility index (Phi) is 2.14. The van der Waals surface area contributed by atoms with Gasteiger partial charge in [0.05, 0.1) is 4.92 Å². The van der Waals surface area contributed by atoms with Crippen LogP contribution in [0.4, 0.5) is 5.69 Å². The van der Waals surface area contributed by atoms with E-state index in [4.69, 9.17) is 0 Å². The summed E-state index contributed by atoms with van der Waals surface area (Å²) in [5.74, 6) is 0.0524. The molecule has 0 atom stereocenters. The van der Waals surface area contributed by atoms with Gasteiger partial charge in [0, 0.05) is 17.5 Å². The molecule has 14 heavy (non-hydrogen) atoms. The minimum Gasteiger partial charge on any atom is -0.258 e. The topological polar surface area (TPSA) is 43.1 Å². The lowest BCUT2D eigenvalue weighted by molar-refractivity contribution is -0.385. The molecular weight excluding hydrogens is 178 g/mol. The van der Waals surface area contributed by atoms with Crippen LogP contribution in [-0.4, -0.2) is 4.92 Å². The number of para-hydroxylation sites is 1. The maximum atomic E-state index is 10.7. The SMILES string of the molecule is O=[N+]([O-])c1ccccc1C1C=CC=C1. The zero-order valence-electron chi connectivity index (χ0n) is 7.46. The molecule has 0 aliphatic heterocycles. The van der Waals surface area contributed by atoms with Crippen molar-refractivity contribution >= 4 is 5.69 Å². The van der Waals surface area contributed by atoms with Gasteiger partial charge in [0.1, 0.15) is 0 Å². The molecular formula is C11H9NO2. The van der Waals surface area contributed by atoms with E-state index in [2.05, 4.69) is 0 Å². The molecule has 0 spiro atoms. The first kappa shape index (κ1) is 8.69. The van der Waals surface area contributed by atoms with E-state index in [0.717, 1.165) is 5.56 Å². The molecule has 70 valence electrons. The summed E-state index contributed by atoms with van der Waals surface area (Å²) < 4.78 is 0. The number of benzene rings is 1. The second-order valence-electron chi connectivity index (χ2n) is 3.11. The van der Waals surface area contributed by atoms with E-state index >= 15 is 0 Å². The number of hydrogen-bond acceptors (Lipinski definition) is 2. The molecule has 0 fully saturated rings. The smallest absolute Gasteiger partial charge is 0.258 e. The van der Waals surface area contributed by atoms with Crippen molar-refractivity contribution in [1.82, 2.24) is 0 Å². The second-order valence-corrected chi connectivity index (χ2v) is 3.11. The molecule has 2 rings (SSSR count). The Hall–Kier alpha value is -1.90. The predicted molar refractivity (Wildman–Crippen MR) is 54.1 cm³/mol. The van der Waals surface area contributed by atoms with Gasteiger partial charge in [0.2, 0.25) is 0 Å². The van der Waals surface area contributed by atoms with Gasteiger partial charge in [-0.15, -0.1) is 0 Å². The van der Waals surface area contributed by atoms with Crippen LogP contribution in [0.3, 0.4) is 0 Å². The molecule has 1 aromatic carbocycles. The van der Waals surface area contributed by atoms with Crippen LogP contribution in [-0.2, 0) is 0 Å². The molecule has 0 unspecified atom stereocenters. The van der Waals surface area contributed by atoms with Gasteiger partial charge in [-0.3, -0.25) is 10.1 Å². The summed E-state index contributed by atoms with van der Waals surface area (Å²) >= 11 is 0. The van der Waals surface area contributed by atoms with Gasteiger partial charge in [-0.1, -0.05) is 42.5 Å². The molecule has 0 aromatic heterocycles. The monoisotopic (exact) mass is 187 g/mol. The van der Waals surface area contributed by atoms with Gasteiger partial charge in [-0.25, -0.2) is 0 Å². The highest BCUT2D eigenvalue weighted by atomic mass is 16.6. The van der Waals surface area contributed by atoms with Gasteiger partial charge in [-0.2, -0.15) is 0 Å². The van der Waals surface area contributed by atoms with E-state index < -0.39 is 0 Å². The molecule has 0 amide bonds. The maximum absolute atomic E-state index is 10.7. The van der Waals surface area contributed by atoms with Crippen LogP contribution in [0.2, 0.25) is 0 Å². The molecule has 0 radical (unpaired) electrons. The Morgan fingerprint density at radius 1 is 1.14 bits per heavy atom. The second kappa shape index (κ2) is 3.46. The van der Waals surface area contributed by atoms with E-state index in [9.17, 15) is 10.1 Å². The highest BCUT2D eigenvalue weighted by Gasteiger charge is 2.18. The number of rotatable bonds is 2. The Balaban J connectivity index is 2.46. The van der Waals surface area contributed by atoms with Crippen LogP contribution in [0.25, 0.3) is 0 Å². The summed E-state index contributed by atoms with van der Waals surface area (Å²) in [7, 11) is 0. The summed E-state index contributed by atoms with van der Waals surface area (Å²) in [4.78, 5) is 10.4. The van der Waals surface area contributed by atoms with Gasteiger partial charge in [0.25, 0.3) is 5.69 Å². The van der Waals surface area contributed by atoms with Gasteiger partial charge >= 0.3 is 0 Å². The molecule has 3 nitrogen and oxygen atoms in total. The van der Waals surface area contributed by atoms with Crippen LogP contribution in [0.15, 0.2) is 48.6 Å². The average molecular weight is 187 g/mol. The van der Waals surface area contributed by atoms with Crippen molar-refractivity contribution in [2.75, 3.05) is 0 Å². The number of hydrogen-bond donors (Lipinski definition) is 0. The van der Waals surface area contributed by atoms with Crippen molar-refractivity contribution in [2.45, 2.75) is 5.92 Å². The molecule has 1 aromatic rings. The van der Waals surface area contributed by atoms with Crippen molar-refractivity contribution in [3.63, 3.8) is 0 Å². The summed E-state index contributed by atoms with van der Waals surface area (Å²) in [5, 5.41) is 10.7. The predicted octanol–water partition coefficient (Wildman–Crippen LogP) is 2.80. The average Bonchev–Trinajstić information content (AvgIpc) is 2.70. The minimum absolute atomic E-state index is 0.0524. The standard InChI is InChI=1S/C11H9NO2/c13-12(14)11-8-4-3-7-10(11)9-5-1-2-6-9/h1-9H. The Labute approximate surface area is 81.5 Å². The Bertz CT molecular complexity index is 409. The third-order valence-corrected chi connectivity index (χ3v) is 2.24. The molecule has 0 N–H and O–H groups in total. The zero-order chi connectivity index (χ0) is 9.97. The van der Waals surface area contributed by atoms with Gasteiger partial charge in [0.15, 0.2) is 0 Å². The molecule has 3 heteroatoms. The number of nitro groups is 1. The van der Waals surface area contributed by atoms with Crippen LogP contribution >= 0.6 is 0 Å². The van der Waals surface area contributed by atoms with Crippen LogP contribution < -0.4 is 0 Å². The lowest BCUT2D eigenvalue weighted by Gasteiger charge is -2.05. The maximum Gasteiger partial charge on any atom is 0.273 e. The highest BCUT2D eigenvalue weighted by Crippen LogP contribution is 2.30. The fraction of sp³-hybridized carbons (Fsp3) is 0.0909. The Morgan fingerprint density at radius 3 is 2.43 bits per heavy atom. The number of nitro benzene ring substituents is 1. The first-order valence-corrected chi connectivity index (χ1v) is 4.37. The highest BCUT2D eigenvalue weighted by molar-refractivity contribution is 5.48. The largest absolute Gasteiger partial charge is 0.273 e. The van der Waals surface area contributed by atoms with Crippen LogP contribution in [0.1, 0.15) is 11.5 Å². The summed E-state index contributed by atoms with van der Waals surface area (Å²) in [6.45, 7) is 0. The summed E-state index contributed by atoms with van der Waals surface area (Å²) in [6.07, 6.45) is 7.70. The van der Waals surface area contributed by atoms with Gasteiger partial charge < -0.3 is 0 Å². The van der Waals surface area contributed by atoms with Crippen molar-refractivity contribution in [2.24, 2.45) is 0 Å². The number of nitrogens with zero attached hydrogens (tertiary/aromatic N) is 1. The lowest BCUT2D eigenvalue weighted by atomic mass is 9.99. The van der Waals surface area contributed by atoms with E-state index in [0.29, 0.717) is 0 Å². The quantitative estimate of drug-likeness (QED) is 0.527. The van der Waals surface area contributed by atoms with Gasteiger partial charge in [-0.05, 0) is 0 Å². The first-order valence-electron chi connectivity index (χ1n) is 4.37.